The van der Waals surface area contributed by atoms with Gasteiger partial charge in [0.2, 0.25) is 10.0 Å². The van der Waals surface area contributed by atoms with Crippen molar-refractivity contribution in [2.24, 2.45) is 0 Å². The van der Waals surface area contributed by atoms with E-state index in [9.17, 15) is 18.5 Å². The maximum atomic E-state index is 13.5. The molecule has 3 aromatic rings. The molecule has 9 nitrogen and oxygen atoms in total. The summed E-state index contributed by atoms with van der Waals surface area (Å²) >= 11 is 0. The van der Waals surface area contributed by atoms with Crippen molar-refractivity contribution in [1.82, 2.24) is 19.4 Å². The predicted octanol–water partition coefficient (Wildman–Crippen LogP) is 2.99. The van der Waals surface area contributed by atoms with Crippen molar-refractivity contribution in [3.63, 3.8) is 0 Å². The van der Waals surface area contributed by atoms with Crippen molar-refractivity contribution >= 4 is 22.0 Å². The first-order valence-corrected chi connectivity index (χ1v) is 12.9. The van der Waals surface area contributed by atoms with Crippen LogP contribution in [0.2, 0.25) is 0 Å². The molecule has 10 heteroatoms. The van der Waals surface area contributed by atoms with Crippen molar-refractivity contribution in [2.75, 3.05) is 20.1 Å². The minimum Gasteiger partial charge on any atom is -0.373 e. The van der Waals surface area contributed by atoms with Crippen LogP contribution in [0, 0.1) is 11.3 Å². The Bertz CT molecular complexity index is 1430. The van der Waals surface area contributed by atoms with Gasteiger partial charge in [0.25, 0.3) is 5.91 Å². The minimum atomic E-state index is -3.77. The first-order valence-electron chi connectivity index (χ1n) is 11.5. The Morgan fingerprint density at radius 2 is 1.83 bits per heavy atom. The van der Waals surface area contributed by atoms with E-state index in [1.807, 2.05) is 50.2 Å². The van der Waals surface area contributed by atoms with Crippen LogP contribution in [-0.4, -0.2) is 60.8 Å². The maximum Gasteiger partial charge on any atom is 0.261 e. The molecular weight excluding hydrogens is 478 g/mol. The first kappa shape index (κ1) is 25.3. The number of nitrogens with one attached hydrogen (secondary N) is 1. The molecule has 1 aromatic heterocycles. The Kier molecular flexibility index (Phi) is 7.35. The third-order valence-corrected chi connectivity index (χ3v) is 7.61. The van der Waals surface area contributed by atoms with Gasteiger partial charge in [-0.15, -0.1) is 0 Å². The summed E-state index contributed by atoms with van der Waals surface area (Å²) in [4.78, 5) is 12.3. The third kappa shape index (κ3) is 5.23. The van der Waals surface area contributed by atoms with Gasteiger partial charge in [0.1, 0.15) is 17.3 Å². The second-order valence-electron chi connectivity index (χ2n) is 8.57. The number of hydrogen-bond acceptors (Lipinski definition) is 6. The number of nitrogens with zero attached hydrogens (tertiary/aromatic N) is 4. The van der Waals surface area contributed by atoms with Crippen LogP contribution < -0.4 is 5.32 Å². The summed E-state index contributed by atoms with van der Waals surface area (Å²) in [5, 5.41) is 16.7. The molecule has 1 saturated heterocycles. The average Bonchev–Trinajstić information content (AvgIpc) is 3.30. The molecule has 0 saturated carbocycles. The lowest BCUT2D eigenvalue weighted by atomic mass is 10.1. The number of carbonyl (C=O) groups is 1. The van der Waals surface area contributed by atoms with E-state index in [2.05, 4.69) is 10.4 Å². The van der Waals surface area contributed by atoms with Crippen molar-refractivity contribution < 1.29 is 17.9 Å². The topological polar surface area (TPSA) is 117 Å². The van der Waals surface area contributed by atoms with Crippen LogP contribution in [0.3, 0.4) is 0 Å². The van der Waals surface area contributed by atoms with E-state index >= 15 is 0 Å². The zero-order valence-electron chi connectivity index (χ0n) is 20.2. The second-order valence-corrected chi connectivity index (χ2v) is 10.5. The lowest BCUT2D eigenvalue weighted by molar-refractivity contribution is -0.116. The largest absolute Gasteiger partial charge is 0.373 e. The summed E-state index contributed by atoms with van der Waals surface area (Å²) in [6.45, 7) is 4.24. The monoisotopic (exact) mass is 505 g/mol. The molecule has 1 aliphatic heterocycles. The molecule has 4 rings (SSSR count). The fraction of sp³-hybridized carbons (Fsp3) is 0.269. The molecule has 1 aliphatic rings. The average molecular weight is 506 g/mol. The molecule has 0 aliphatic carbocycles. The van der Waals surface area contributed by atoms with Gasteiger partial charge in [0.15, 0.2) is 0 Å². The second kappa shape index (κ2) is 10.5. The van der Waals surface area contributed by atoms with E-state index < -0.39 is 15.9 Å². The molecular formula is C26H27N5O4S. The lowest BCUT2D eigenvalue weighted by Gasteiger charge is -2.34. The van der Waals surface area contributed by atoms with Crippen LogP contribution in [0.25, 0.3) is 23.0 Å². The van der Waals surface area contributed by atoms with E-state index in [-0.39, 0.29) is 35.8 Å². The van der Waals surface area contributed by atoms with Crippen LogP contribution in [-0.2, 0) is 19.6 Å². The number of aromatic nitrogens is 2. The summed E-state index contributed by atoms with van der Waals surface area (Å²) in [6.07, 6.45) is 2.74. The fourth-order valence-corrected chi connectivity index (χ4v) is 5.79. The van der Waals surface area contributed by atoms with Crippen LogP contribution >= 0.6 is 0 Å². The summed E-state index contributed by atoms with van der Waals surface area (Å²) < 4.78 is 35.7. The highest BCUT2D eigenvalue weighted by Gasteiger charge is 2.32. The highest BCUT2D eigenvalue weighted by molar-refractivity contribution is 7.89. The number of benzene rings is 2. The predicted molar refractivity (Wildman–Crippen MR) is 135 cm³/mol. The lowest BCUT2D eigenvalue weighted by Crippen LogP contribution is -2.48. The molecule has 0 radical (unpaired) electrons. The van der Waals surface area contributed by atoms with Gasteiger partial charge < -0.3 is 10.1 Å². The van der Waals surface area contributed by atoms with Crippen molar-refractivity contribution in [2.45, 2.75) is 31.0 Å². The maximum absolute atomic E-state index is 13.5. The Labute approximate surface area is 210 Å². The number of para-hydroxylation sites is 1. The van der Waals surface area contributed by atoms with Gasteiger partial charge in [-0.25, -0.2) is 13.1 Å². The molecule has 1 amide bonds. The van der Waals surface area contributed by atoms with E-state index in [0.29, 0.717) is 16.8 Å². The number of hydrogen-bond donors (Lipinski definition) is 1. The molecule has 2 atom stereocenters. The first-order chi connectivity index (χ1) is 17.2. The van der Waals surface area contributed by atoms with Crippen molar-refractivity contribution in [3.05, 3.63) is 71.9 Å². The van der Waals surface area contributed by atoms with Crippen LogP contribution in [0.1, 0.15) is 19.4 Å². The van der Waals surface area contributed by atoms with E-state index in [1.54, 1.807) is 35.1 Å². The number of amides is 1. The molecule has 2 heterocycles. The highest BCUT2D eigenvalue weighted by Crippen LogP contribution is 2.29. The molecule has 1 fully saturated rings. The van der Waals surface area contributed by atoms with Gasteiger partial charge in [0.05, 0.1) is 22.8 Å². The van der Waals surface area contributed by atoms with E-state index in [1.165, 1.54) is 17.4 Å². The normalized spacial score (nSPS) is 19.0. The SMILES string of the molecule is CNC(=O)C(C#N)=Cc1cn(-c2ccccc2)nc1-c1cccc(S(=O)(=O)N2CC(C)OC(C)C2)c1. The molecule has 36 heavy (non-hydrogen) atoms. The Morgan fingerprint density at radius 1 is 1.14 bits per heavy atom. The molecule has 0 spiro atoms. The number of nitriles is 1. The molecule has 2 aromatic carbocycles. The van der Waals surface area contributed by atoms with Gasteiger partial charge in [0, 0.05) is 37.5 Å². The smallest absolute Gasteiger partial charge is 0.261 e. The summed E-state index contributed by atoms with van der Waals surface area (Å²) in [7, 11) is -2.33. The quantitative estimate of drug-likeness (QED) is 0.407. The molecule has 1 N–H and O–H groups in total. The van der Waals surface area contributed by atoms with Gasteiger partial charge in [-0.1, -0.05) is 30.3 Å². The number of ether oxygens (including phenoxy) is 1. The number of sulfonamides is 1. The number of morpholine rings is 1. The van der Waals surface area contributed by atoms with Crippen LogP contribution in [0.4, 0.5) is 0 Å². The summed E-state index contributed by atoms with van der Waals surface area (Å²) in [5.41, 5.74) is 2.17. The zero-order valence-corrected chi connectivity index (χ0v) is 21.1. The van der Waals surface area contributed by atoms with Gasteiger partial charge in [-0.2, -0.15) is 14.7 Å². The molecule has 186 valence electrons. The van der Waals surface area contributed by atoms with Crippen molar-refractivity contribution in [1.29, 1.82) is 5.26 Å². The van der Waals surface area contributed by atoms with E-state index in [0.717, 1.165) is 5.69 Å². The van der Waals surface area contributed by atoms with Gasteiger partial charge in [-0.3, -0.25) is 4.79 Å². The number of rotatable bonds is 6. The summed E-state index contributed by atoms with van der Waals surface area (Å²) in [6, 6.07) is 17.8. The molecule has 2 unspecified atom stereocenters. The Balaban J connectivity index is 1.81. The zero-order chi connectivity index (χ0) is 25.9. The third-order valence-electron chi connectivity index (χ3n) is 5.79. The minimum absolute atomic E-state index is 0.0913. The Hall–Kier alpha value is -3.78. The summed E-state index contributed by atoms with van der Waals surface area (Å²) in [5.74, 6) is -0.525. The van der Waals surface area contributed by atoms with Crippen LogP contribution in [0.5, 0.6) is 0 Å². The molecule has 0 bridgehead atoms. The van der Waals surface area contributed by atoms with Crippen molar-refractivity contribution in [3.8, 4) is 23.0 Å². The van der Waals surface area contributed by atoms with E-state index in [4.69, 9.17) is 4.74 Å². The highest BCUT2D eigenvalue weighted by atomic mass is 32.2. The Morgan fingerprint density at radius 3 is 2.47 bits per heavy atom. The van der Waals surface area contributed by atoms with Gasteiger partial charge in [-0.05, 0) is 44.2 Å². The standard InChI is InChI=1S/C26H27N5O4S/c1-18-15-30(16-19(2)35-18)36(33,34)24-11-7-8-20(13-24)25-22(12-21(14-27)26(32)28-3)17-31(29-25)23-9-5-4-6-10-23/h4-13,17-19H,15-16H2,1-3H3,(H,28,32). The number of carbonyl (C=O) groups excluding carboxylic acids is 1. The van der Waals surface area contributed by atoms with Gasteiger partial charge >= 0.3 is 0 Å². The number of likely N-dealkylation sites (N-methyl/N-ethyl adjacent to an activating group) is 1. The fourth-order valence-electron chi connectivity index (χ4n) is 4.15. The van der Waals surface area contributed by atoms with Crippen LogP contribution in [0.15, 0.2) is 71.3 Å².